The average molecular weight is 1440 g/mol. The fourth-order valence-corrected chi connectivity index (χ4v) is 13.2. The molecule has 0 fully saturated rings. The van der Waals surface area contributed by atoms with Crippen molar-refractivity contribution >= 4 is 85.0 Å². The molecule has 23 heteroatoms. The molecule has 4 unspecified atom stereocenters. The van der Waals surface area contributed by atoms with Crippen LogP contribution in [0.5, 0.6) is 5.75 Å². The van der Waals surface area contributed by atoms with Crippen LogP contribution in [0.4, 0.5) is 39.5 Å². The van der Waals surface area contributed by atoms with E-state index in [4.69, 9.17) is 66.0 Å². The zero-order chi connectivity index (χ0) is 70.7. The highest BCUT2D eigenvalue weighted by Gasteiger charge is 2.51. The Morgan fingerprint density at radius 1 is 0.460 bits per heavy atom. The summed E-state index contributed by atoms with van der Waals surface area (Å²) in [4.78, 5) is 16.6. The molecule has 0 radical (unpaired) electrons. The summed E-state index contributed by atoms with van der Waals surface area (Å²) in [6.45, 7) is 0.188. The van der Waals surface area contributed by atoms with Gasteiger partial charge in [-0.3, -0.25) is 15.0 Å². The number of thiocarbonyl (C=S) groups is 1. The SMILES string of the molecule is COCn1c(-c2ccccn2)c(C(CC(F)(F)F)c2ccccc2)c2ccc(Cl)cc21.COCn1c(-c2ccccn2)c(C(c2ccccc2)C(OC(=S)Oc2ccccc2)C(F)(F)F)c2ccc(Cl)cc21.FC(F)(F)CC(c1ccccc1)c1c(-c2ccccn2)[nH]c2cc(Cl)ccc12. The molecule has 7 aromatic carbocycles. The van der Waals surface area contributed by atoms with Gasteiger partial charge in [0.05, 0.1) is 64.0 Å². The number of rotatable bonds is 18. The molecule has 6 aromatic heterocycles. The summed E-state index contributed by atoms with van der Waals surface area (Å²) < 4.78 is 153. The van der Waals surface area contributed by atoms with Crippen LogP contribution in [-0.2, 0) is 27.7 Å². The maximum atomic E-state index is 15.1. The van der Waals surface area contributed by atoms with Crippen LogP contribution < -0.4 is 4.74 Å². The van der Waals surface area contributed by atoms with Crippen LogP contribution in [-0.4, -0.2) is 73.2 Å². The van der Waals surface area contributed by atoms with Crippen molar-refractivity contribution < 1.29 is 58.5 Å². The molecule has 0 aliphatic carbocycles. The van der Waals surface area contributed by atoms with Crippen LogP contribution in [0, 0.1) is 0 Å². The number of fused-ring (bicyclic) bond motifs is 3. The standard InChI is InChI=1S/C31H24ClF3N2O3S.C24H20ClF3N2O.C22H16ClF3N2/c1-38-19-37-25-18-21(32)15-16-23(25)27(28(37)24-14-8-9-17-36-24)26(20-10-4-2-5-11-20)29(31(33,34)35)40-30(41)39-22-12-6-3-7-13-22;1-31-15-30-21-13-17(25)10-11-18(21)22(23(30)20-9-5-6-12-29-20)19(14-24(26,27)28)16-7-3-2-4-8-16;23-15-9-10-16-19(12-15)28-21(18-8-4-5-11-27-18)20(16)17(13-22(24,25)26)14-6-2-1-3-7-14/h2-18,26,29H,19H2,1H3;2-13,19H,14-15H2,1H3;1-12,17,28H,13H2. The van der Waals surface area contributed by atoms with Crippen molar-refractivity contribution in [3.05, 3.63) is 298 Å². The summed E-state index contributed by atoms with van der Waals surface area (Å²) in [5.74, 6) is -2.91. The predicted octanol–water partition coefficient (Wildman–Crippen LogP) is 22.4. The Bertz CT molecular complexity index is 4860. The monoisotopic (exact) mass is 1440 g/mol. The molecule has 512 valence electrons. The second-order valence-corrected chi connectivity index (χ2v) is 24.6. The van der Waals surface area contributed by atoms with Gasteiger partial charge in [0.1, 0.15) is 19.2 Å². The van der Waals surface area contributed by atoms with Crippen LogP contribution >= 0.6 is 47.0 Å². The Hall–Kier alpha value is -9.54. The fraction of sp³-hybridized carbons (Fsp3) is 0.169. The van der Waals surface area contributed by atoms with Gasteiger partial charge in [-0.1, -0.05) is 180 Å². The van der Waals surface area contributed by atoms with Gasteiger partial charge >= 0.3 is 23.8 Å². The van der Waals surface area contributed by atoms with Crippen LogP contribution in [0.1, 0.15) is 64.0 Å². The highest BCUT2D eigenvalue weighted by Crippen LogP contribution is 2.50. The van der Waals surface area contributed by atoms with Gasteiger partial charge in [0, 0.05) is 93.6 Å². The number of aromatic amines is 1. The van der Waals surface area contributed by atoms with Crippen LogP contribution in [0.15, 0.2) is 249 Å². The molecule has 0 aliphatic rings. The molecule has 13 rings (SSSR count). The third-order valence-corrected chi connectivity index (χ3v) is 17.3. The van der Waals surface area contributed by atoms with Crippen LogP contribution in [0.3, 0.4) is 0 Å². The number of H-pyrrole nitrogens is 1. The first kappa shape index (κ1) is 71.7. The largest absolute Gasteiger partial charge is 0.443 e. The number of para-hydroxylation sites is 1. The van der Waals surface area contributed by atoms with Gasteiger partial charge in [0.25, 0.3) is 0 Å². The first-order valence-electron chi connectivity index (χ1n) is 31.0. The van der Waals surface area contributed by atoms with E-state index in [0.29, 0.717) is 115 Å². The topological polar surface area (TPSA) is 101 Å². The summed E-state index contributed by atoms with van der Waals surface area (Å²) in [5.41, 5.74) is 8.23. The van der Waals surface area contributed by atoms with Crippen molar-refractivity contribution in [2.75, 3.05) is 14.2 Å². The maximum absolute atomic E-state index is 15.1. The third kappa shape index (κ3) is 17.0. The Balaban J connectivity index is 0.000000155. The van der Waals surface area contributed by atoms with Crippen molar-refractivity contribution in [1.82, 2.24) is 29.1 Å². The number of halogens is 12. The molecular formula is C77H60Cl3F9N6O4S. The second kappa shape index (κ2) is 31.8. The number of ether oxygens (including phenoxy) is 4. The molecule has 6 heterocycles. The lowest BCUT2D eigenvalue weighted by Gasteiger charge is -2.30. The van der Waals surface area contributed by atoms with Gasteiger partial charge in [0.15, 0.2) is 0 Å². The molecule has 0 amide bonds. The number of nitrogens with zero attached hydrogens (tertiary/aromatic N) is 5. The van der Waals surface area contributed by atoms with Crippen molar-refractivity contribution in [3.8, 4) is 39.9 Å². The van der Waals surface area contributed by atoms with Crippen molar-refractivity contribution in [3.63, 3.8) is 0 Å². The predicted molar refractivity (Wildman–Crippen MR) is 378 cm³/mol. The Morgan fingerprint density at radius 2 is 0.860 bits per heavy atom. The van der Waals surface area contributed by atoms with Gasteiger partial charge < -0.3 is 33.1 Å². The third-order valence-electron chi connectivity index (χ3n) is 16.4. The highest BCUT2D eigenvalue weighted by molar-refractivity contribution is 7.79. The summed E-state index contributed by atoms with van der Waals surface area (Å²) in [6, 6.07) is 65.6. The summed E-state index contributed by atoms with van der Waals surface area (Å²) >= 11 is 23.9. The second-order valence-electron chi connectivity index (χ2n) is 23.0. The molecule has 100 heavy (non-hydrogen) atoms. The van der Waals surface area contributed by atoms with Gasteiger partial charge in [-0.25, -0.2) is 0 Å². The lowest BCUT2D eigenvalue weighted by Crippen LogP contribution is -2.40. The lowest BCUT2D eigenvalue weighted by molar-refractivity contribution is -0.204. The first-order chi connectivity index (χ1) is 48.1. The van der Waals surface area contributed by atoms with Crippen LogP contribution in [0.25, 0.3) is 66.9 Å². The van der Waals surface area contributed by atoms with E-state index in [1.54, 1.807) is 249 Å². The minimum Gasteiger partial charge on any atom is -0.443 e. The molecule has 10 nitrogen and oxygen atoms in total. The number of benzene rings is 7. The quantitative estimate of drug-likeness (QED) is 0.0670. The Labute approximate surface area is 589 Å². The fourth-order valence-electron chi connectivity index (χ4n) is 12.5. The average Bonchev–Trinajstić information content (AvgIpc) is 1.58. The summed E-state index contributed by atoms with van der Waals surface area (Å²) in [7, 11) is 3.05. The number of alkyl halides is 9. The van der Waals surface area contributed by atoms with E-state index in [9.17, 15) is 26.3 Å². The van der Waals surface area contributed by atoms with E-state index in [0.717, 1.165) is 0 Å². The molecular weight excluding hydrogens is 1380 g/mol. The molecule has 0 saturated heterocycles. The number of pyridine rings is 3. The first-order valence-corrected chi connectivity index (χ1v) is 32.6. The van der Waals surface area contributed by atoms with E-state index >= 15 is 13.2 Å². The van der Waals surface area contributed by atoms with Gasteiger partial charge in [0.2, 0.25) is 6.10 Å². The van der Waals surface area contributed by atoms with E-state index in [1.165, 1.54) is 7.11 Å². The Kier molecular flexibility index (Phi) is 22.8. The zero-order valence-corrected chi connectivity index (χ0v) is 56.2. The molecule has 0 bridgehead atoms. The number of hydrogen-bond donors (Lipinski definition) is 1. The van der Waals surface area contributed by atoms with E-state index in [1.807, 2.05) is 16.7 Å². The van der Waals surface area contributed by atoms with Gasteiger partial charge in [-0.2, -0.15) is 39.5 Å². The Morgan fingerprint density at radius 3 is 1.30 bits per heavy atom. The van der Waals surface area contributed by atoms with Gasteiger partial charge in [-0.15, -0.1) is 0 Å². The molecule has 0 aliphatic heterocycles. The smallest absolute Gasteiger partial charge is 0.426 e. The van der Waals surface area contributed by atoms with Crippen molar-refractivity contribution in [2.45, 2.75) is 68.7 Å². The number of hydrogen-bond acceptors (Lipinski definition) is 8. The van der Waals surface area contributed by atoms with E-state index in [2.05, 4.69) is 19.9 Å². The molecule has 1 N–H and O–H groups in total. The number of nitrogens with one attached hydrogen (secondary N) is 1. The van der Waals surface area contributed by atoms with Crippen LogP contribution in [0.2, 0.25) is 15.1 Å². The normalized spacial score (nSPS) is 13.0. The maximum Gasteiger partial charge on any atom is 0.426 e. The lowest BCUT2D eigenvalue weighted by atomic mass is 9.83. The zero-order valence-electron chi connectivity index (χ0n) is 53.1. The van der Waals surface area contributed by atoms with E-state index < -0.39 is 60.5 Å². The van der Waals surface area contributed by atoms with Crippen molar-refractivity contribution in [1.29, 1.82) is 0 Å². The molecule has 0 spiro atoms. The summed E-state index contributed by atoms with van der Waals surface area (Å²) in [6.07, 6.45) is -13.1. The number of aromatic nitrogens is 6. The van der Waals surface area contributed by atoms with Crippen molar-refractivity contribution in [2.24, 2.45) is 0 Å². The number of methoxy groups -OCH3 is 2. The summed E-state index contributed by atoms with van der Waals surface area (Å²) in [5, 5.41) is 2.72. The minimum absolute atomic E-state index is 0.0390. The molecule has 13 aromatic rings. The van der Waals surface area contributed by atoms with Gasteiger partial charge in [-0.05, 0) is 118 Å². The molecule has 4 atom stereocenters. The highest BCUT2D eigenvalue weighted by atomic mass is 35.5. The molecule has 0 saturated carbocycles. The van der Waals surface area contributed by atoms with E-state index in [-0.39, 0.29) is 19.2 Å². The minimum atomic E-state index is -4.85.